The molecular formula is C30H36N2O3. The van der Waals surface area contributed by atoms with Gasteiger partial charge in [0.1, 0.15) is 6.10 Å². The van der Waals surface area contributed by atoms with Crippen LogP contribution in [0.25, 0.3) is 17.0 Å². The highest BCUT2D eigenvalue weighted by atomic mass is 16.5. The van der Waals surface area contributed by atoms with E-state index >= 15 is 0 Å². The van der Waals surface area contributed by atoms with Crippen molar-refractivity contribution in [1.82, 2.24) is 10.1 Å². The molecule has 1 aromatic carbocycles. The third kappa shape index (κ3) is 3.61. The highest BCUT2D eigenvalue weighted by molar-refractivity contribution is 5.69. The van der Waals surface area contributed by atoms with E-state index in [0.29, 0.717) is 29.5 Å². The molecule has 2 aromatic rings. The van der Waals surface area contributed by atoms with Gasteiger partial charge in [-0.1, -0.05) is 66.6 Å². The van der Waals surface area contributed by atoms with Crippen LogP contribution in [-0.4, -0.2) is 22.2 Å². The van der Waals surface area contributed by atoms with Crippen LogP contribution in [0.15, 0.2) is 46.5 Å². The third-order valence-electron chi connectivity index (χ3n) is 9.94. The number of ether oxygens (including phenoxy) is 1. The summed E-state index contributed by atoms with van der Waals surface area (Å²) in [6.07, 6.45) is 12.5. The highest BCUT2D eigenvalue weighted by Crippen LogP contribution is 2.66. The summed E-state index contributed by atoms with van der Waals surface area (Å²) in [5, 5.41) is 4.33. The minimum absolute atomic E-state index is 0.0530. The first-order valence-corrected chi connectivity index (χ1v) is 13.3. The number of aromatic nitrogens is 2. The average molecular weight is 473 g/mol. The number of hydrogen-bond acceptors (Lipinski definition) is 5. The molecule has 6 rings (SSSR count). The number of carbonyl (C=O) groups is 1. The van der Waals surface area contributed by atoms with E-state index in [9.17, 15) is 4.79 Å². The second-order valence-corrected chi connectivity index (χ2v) is 11.8. The number of allylic oxidation sites excluding steroid dienone is 3. The van der Waals surface area contributed by atoms with Crippen molar-refractivity contribution < 1.29 is 14.1 Å². The van der Waals surface area contributed by atoms with Crippen LogP contribution in [0.2, 0.25) is 0 Å². The number of esters is 1. The van der Waals surface area contributed by atoms with Gasteiger partial charge in [-0.2, -0.15) is 4.98 Å². The van der Waals surface area contributed by atoms with Gasteiger partial charge in [0.25, 0.3) is 5.89 Å². The lowest BCUT2D eigenvalue weighted by atomic mass is 9.47. The van der Waals surface area contributed by atoms with Gasteiger partial charge in [0.2, 0.25) is 5.82 Å². The Morgan fingerprint density at radius 1 is 1.03 bits per heavy atom. The zero-order chi connectivity index (χ0) is 24.4. The molecule has 1 heterocycles. The van der Waals surface area contributed by atoms with E-state index in [0.717, 1.165) is 44.1 Å². The molecule has 0 spiro atoms. The molecule has 0 saturated heterocycles. The van der Waals surface area contributed by atoms with Crippen LogP contribution >= 0.6 is 0 Å². The maximum Gasteiger partial charge on any atom is 0.302 e. The maximum absolute atomic E-state index is 11.5. The van der Waals surface area contributed by atoms with Gasteiger partial charge in [-0.15, -0.1) is 0 Å². The molecule has 0 aliphatic heterocycles. The Morgan fingerprint density at radius 3 is 2.57 bits per heavy atom. The van der Waals surface area contributed by atoms with Crippen molar-refractivity contribution >= 4 is 11.5 Å². The van der Waals surface area contributed by atoms with E-state index in [1.165, 1.54) is 30.1 Å². The van der Waals surface area contributed by atoms with Gasteiger partial charge in [-0.05, 0) is 68.6 Å². The number of benzene rings is 1. The predicted molar refractivity (Wildman–Crippen MR) is 135 cm³/mol. The summed E-state index contributed by atoms with van der Waals surface area (Å²) in [4.78, 5) is 16.4. The van der Waals surface area contributed by atoms with E-state index in [1.54, 1.807) is 0 Å². The molecule has 1 aromatic heterocycles. The minimum atomic E-state index is -0.155. The largest absolute Gasteiger partial charge is 0.462 e. The number of nitrogens with zero attached hydrogens (tertiary/aromatic N) is 2. The zero-order valence-corrected chi connectivity index (χ0v) is 21.3. The van der Waals surface area contributed by atoms with Crippen molar-refractivity contribution in [3.8, 4) is 11.4 Å². The summed E-state index contributed by atoms with van der Waals surface area (Å²) in [6.45, 7) is 8.53. The van der Waals surface area contributed by atoms with Gasteiger partial charge < -0.3 is 9.26 Å². The topological polar surface area (TPSA) is 65.2 Å². The van der Waals surface area contributed by atoms with E-state index in [-0.39, 0.29) is 22.9 Å². The van der Waals surface area contributed by atoms with Crippen molar-refractivity contribution in [2.45, 2.75) is 78.7 Å². The van der Waals surface area contributed by atoms with Crippen LogP contribution in [0, 0.1) is 35.5 Å². The molecule has 2 fully saturated rings. The van der Waals surface area contributed by atoms with E-state index in [2.05, 4.69) is 62.3 Å². The molecular weight excluding hydrogens is 436 g/mol. The molecule has 184 valence electrons. The van der Waals surface area contributed by atoms with Crippen molar-refractivity contribution in [1.29, 1.82) is 0 Å². The molecule has 0 amide bonds. The van der Waals surface area contributed by atoms with Gasteiger partial charge in [-0.25, -0.2) is 0 Å². The Balaban J connectivity index is 1.24. The normalized spacial score (nSPS) is 35.9. The molecule has 4 aliphatic carbocycles. The SMILES string of the molecule is CC(=O)O[C@H]1CC[C@@]2(C)C(=CC[C@@H]3[C@@H]2CC[C@]2(C)C(c4nc(-c5ccc(C)cc5)no4)=CC[C@@H]32)C1. The standard InChI is InChI=1S/C30H36N2O3/c1-18-5-7-20(8-6-18)27-31-28(35-32-27)26-12-11-24-23-10-9-21-17-22(34-19(2)33)13-15-29(21,3)25(23)14-16-30(24,26)4/h5-9,12,22-25H,10-11,13-17H2,1-4H3/t22-,23-,24-,25-,29-,30-/m0/s1. The van der Waals surface area contributed by atoms with Crippen molar-refractivity contribution in [2.75, 3.05) is 0 Å². The van der Waals surface area contributed by atoms with E-state index in [4.69, 9.17) is 14.2 Å². The molecule has 0 bridgehead atoms. The Labute approximate surface area is 208 Å². The summed E-state index contributed by atoms with van der Waals surface area (Å²) in [5.74, 6) is 3.18. The number of rotatable bonds is 3. The monoisotopic (exact) mass is 472 g/mol. The fourth-order valence-corrected chi connectivity index (χ4v) is 8.01. The summed E-state index contributed by atoms with van der Waals surface area (Å²) < 4.78 is 11.4. The van der Waals surface area contributed by atoms with Gasteiger partial charge in [0.15, 0.2) is 0 Å². The van der Waals surface area contributed by atoms with Gasteiger partial charge in [0.05, 0.1) is 0 Å². The molecule has 0 N–H and O–H groups in total. The Kier molecular flexibility index (Phi) is 5.32. The molecule has 4 aliphatic rings. The van der Waals surface area contributed by atoms with Gasteiger partial charge >= 0.3 is 5.97 Å². The number of carbonyl (C=O) groups excluding carboxylic acids is 1. The Morgan fingerprint density at radius 2 is 1.80 bits per heavy atom. The average Bonchev–Trinajstić information content (AvgIpc) is 3.43. The first-order chi connectivity index (χ1) is 16.8. The maximum atomic E-state index is 11.5. The molecule has 6 atom stereocenters. The van der Waals surface area contributed by atoms with Crippen molar-refractivity contribution in [3.63, 3.8) is 0 Å². The predicted octanol–water partition coefficient (Wildman–Crippen LogP) is 6.93. The lowest BCUT2D eigenvalue weighted by Crippen LogP contribution is -2.50. The molecule has 2 saturated carbocycles. The molecule has 35 heavy (non-hydrogen) atoms. The highest BCUT2D eigenvalue weighted by Gasteiger charge is 2.57. The zero-order valence-electron chi connectivity index (χ0n) is 21.3. The lowest BCUT2D eigenvalue weighted by Gasteiger charge is -2.57. The summed E-state index contributed by atoms with van der Waals surface area (Å²) in [5.41, 5.74) is 5.32. The quantitative estimate of drug-likeness (QED) is 0.358. The van der Waals surface area contributed by atoms with Crippen LogP contribution in [-0.2, 0) is 9.53 Å². The molecule has 0 unspecified atom stereocenters. The number of hydrogen-bond donors (Lipinski definition) is 0. The fraction of sp³-hybridized carbons (Fsp3) is 0.567. The lowest BCUT2D eigenvalue weighted by molar-refractivity contribution is -0.148. The Hall–Kier alpha value is -2.69. The van der Waals surface area contributed by atoms with E-state index < -0.39 is 0 Å². The van der Waals surface area contributed by atoms with E-state index in [1.807, 2.05) is 0 Å². The van der Waals surface area contributed by atoms with Gasteiger partial charge in [0, 0.05) is 29.9 Å². The Bertz CT molecular complexity index is 1210. The van der Waals surface area contributed by atoms with Crippen molar-refractivity contribution in [3.05, 3.63) is 53.4 Å². The number of aryl methyl sites for hydroxylation is 1. The van der Waals surface area contributed by atoms with Crippen LogP contribution in [0.5, 0.6) is 0 Å². The van der Waals surface area contributed by atoms with Crippen LogP contribution < -0.4 is 0 Å². The number of fused-ring (bicyclic) bond motifs is 5. The molecule has 0 radical (unpaired) electrons. The van der Waals surface area contributed by atoms with Crippen LogP contribution in [0.4, 0.5) is 0 Å². The van der Waals surface area contributed by atoms with Gasteiger partial charge in [-0.3, -0.25) is 4.79 Å². The third-order valence-corrected chi connectivity index (χ3v) is 9.94. The first-order valence-electron chi connectivity index (χ1n) is 13.3. The van der Waals surface area contributed by atoms with Crippen molar-refractivity contribution in [2.24, 2.45) is 28.6 Å². The first kappa shape index (κ1) is 22.8. The minimum Gasteiger partial charge on any atom is -0.462 e. The molecule has 5 nitrogen and oxygen atoms in total. The summed E-state index contributed by atoms with van der Waals surface area (Å²) >= 11 is 0. The van der Waals surface area contributed by atoms with Crippen LogP contribution in [0.3, 0.4) is 0 Å². The summed E-state index contributed by atoms with van der Waals surface area (Å²) in [7, 11) is 0. The summed E-state index contributed by atoms with van der Waals surface area (Å²) in [6, 6.07) is 8.30. The second-order valence-electron chi connectivity index (χ2n) is 11.8. The smallest absolute Gasteiger partial charge is 0.302 e. The second kappa shape index (κ2) is 8.18. The van der Waals surface area contributed by atoms with Crippen LogP contribution in [0.1, 0.15) is 77.2 Å². The fourth-order valence-electron chi connectivity index (χ4n) is 8.01. The molecule has 5 heteroatoms.